The third kappa shape index (κ3) is 1.40. The first-order valence-corrected chi connectivity index (χ1v) is 4.61. The maximum Gasteiger partial charge on any atom is 0.153 e. The molecule has 0 aliphatic carbocycles. The molecule has 2 aromatic rings. The Bertz CT molecular complexity index is 462. The Balaban J connectivity index is 2.89. The van der Waals surface area contributed by atoms with E-state index in [4.69, 9.17) is 5.73 Å². The molecule has 0 aliphatic heterocycles. The second-order valence-electron chi connectivity index (χ2n) is 2.83. The summed E-state index contributed by atoms with van der Waals surface area (Å²) < 4.78 is 14.3. The molecule has 0 bridgehead atoms. The van der Waals surface area contributed by atoms with Crippen LogP contribution >= 0.6 is 15.9 Å². The van der Waals surface area contributed by atoms with Gasteiger partial charge in [-0.05, 0) is 23.6 Å². The normalized spacial score (nSPS) is 10.6. The molecule has 2 N–H and O–H groups in total. The summed E-state index contributed by atoms with van der Waals surface area (Å²) in [5.74, 6) is -0.348. The third-order valence-electron chi connectivity index (χ3n) is 1.95. The van der Waals surface area contributed by atoms with Crippen molar-refractivity contribution in [3.05, 3.63) is 40.6 Å². The van der Waals surface area contributed by atoms with Crippen LogP contribution in [0.25, 0.3) is 10.8 Å². The third-order valence-corrected chi connectivity index (χ3v) is 2.44. The smallest absolute Gasteiger partial charge is 0.153 e. The Kier molecular flexibility index (Phi) is 1.96. The molecule has 0 saturated heterocycles. The second kappa shape index (κ2) is 3.00. The molecule has 0 aliphatic rings. The van der Waals surface area contributed by atoms with E-state index in [0.29, 0.717) is 5.39 Å². The molecule has 0 aromatic heterocycles. The Morgan fingerprint density at radius 3 is 2.62 bits per heavy atom. The lowest BCUT2D eigenvalue weighted by atomic mass is 10.1. The average molecular weight is 240 g/mol. The molecule has 0 saturated carbocycles. The summed E-state index contributed by atoms with van der Waals surface area (Å²) in [7, 11) is 0. The Labute approximate surface area is 83.5 Å². The zero-order valence-electron chi connectivity index (χ0n) is 6.72. The van der Waals surface area contributed by atoms with Crippen LogP contribution in [0.3, 0.4) is 0 Å². The molecule has 0 radical (unpaired) electrons. The van der Waals surface area contributed by atoms with Crippen LogP contribution in [0.4, 0.5) is 10.1 Å². The van der Waals surface area contributed by atoms with Crippen molar-refractivity contribution in [1.82, 2.24) is 0 Å². The Hall–Kier alpha value is -1.09. The summed E-state index contributed by atoms with van der Waals surface area (Å²) in [5, 5.41) is 1.41. The first-order valence-electron chi connectivity index (χ1n) is 3.82. The first kappa shape index (κ1) is 8.51. The lowest BCUT2D eigenvalue weighted by Crippen LogP contribution is -1.90. The highest BCUT2D eigenvalue weighted by Crippen LogP contribution is 2.25. The van der Waals surface area contributed by atoms with Crippen LogP contribution < -0.4 is 5.73 Å². The van der Waals surface area contributed by atoms with Crippen LogP contribution in [0.15, 0.2) is 34.8 Å². The van der Waals surface area contributed by atoms with E-state index in [-0.39, 0.29) is 11.5 Å². The molecule has 0 heterocycles. The van der Waals surface area contributed by atoms with Gasteiger partial charge in [-0.2, -0.15) is 0 Å². The van der Waals surface area contributed by atoms with Gasteiger partial charge in [-0.25, -0.2) is 4.39 Å². The van der Waals surface area contributed by atoms with Crippen molar-refractivity contribution >= 4 is 32.4 Å². The average Bonchev–Trinajstić information content (AvgIpc) is 2.12. The largest absolute Gasteiger partial charge is 0.396 e. The zero-order chi connectivity index (χ0) is 9.42. The molecule has 0 unspecified atom stereocenters. The lowest BCUT2D eigenvalue weighted by molar-refractivity contribution is 0.644. The van der Waals surface area contributed by atoms with E-state index in [2.05, 4.69) is 15.9 Å². The van der Waals surface area contributed by atoms with Crippen LogP contribution in [-0.4, -0.2) is 0 Å². The van der Waals surface area contributed by atoms with Gasteiger partial charge in [-0.3, -0.25) is 0 Å². The summed E-state index contributed by atoms with van der Waals surface area (Å²) >= 11 is 3.28. The van der Waals surface area contributed by atoms with Crippen molar-refractivity contribution in [3.8, 4) is 0 Å². The van der Waals surface area contributed by atoms with E-state index in [0.717, 1.165) is 9.86 Å². The van der Waals surface area contributed by atoms with Gasteiger partial charge in [0.2, 0.25) is 0 Å². The number of benzene rings is 2. The van der Waals surface area contributed by atoms with Crippen molar-refractivity contribution in [3.63, 3.8) is 0 Å². The van der Waals surface area contributed by atoms with Gasteiger partial charge < -0.3 is 5.73 Å². The highest BCUT2D eigenvalue weighted by atomic mass is 79.9. The van der Waals surface area contributed by atoms with Crippen LogP contribution in [0, 0.1) is 5.82 Å². The van der Waals surface area contributed by atoms with E-state index < -0.39 is 0 Å². The molecule has 2 rings (SSSR count). The summed E-state index contributed by atoms with van der Waals surface area (Å²) in [6.07, 6.45) is 0. The highest BCUT2D eigenvalue weighted by Gasteiger charge is 2.04. The number of halogens is 2. The quantitative estimate of drug-likeness (QED) is 0.702. The van der Waals surface area contributed by atoms with Gasteiger partial charge in [0, 0.05) is 9.86 Å². The number of hydrogen-bond acceptors (Lipinski definition) is 1. The van der Waals surface area contributed by atoms with Gasteiger partial charge in [-0.15, -0.1) is 0 Å². The summed E-state index contributed by atoms with van der Waals surface area (Å²) in [6, 6.07) is 8.83. The maximum atomic E-state index is 13.4. The van der Waals surface area contributed by atoms with Crippen LogP contribution in [0.1, 0.15) is 0 Å². The zero-order valence-corrected chi connectivity index (χ0v) is 8.31. The predicted octanol–water partition coefficient (Wildman–Crippen LogP) is 3.32. The minimum atomic E-state index is -0.348. The highest BCUT2D eigenvalue weighted by molar-refractivity contribution is 9.10. The van der Waals surface area contributed by atoms with Gasteiger partial charge in [0.05, 0.1) is 5.69 Å². The monoisotopic (exact) mass is 239 g/mol. The second-order valence-corrected chi connectivity index (χ2v) is 3.75. The van der Waals surface area contributed by atoms with Crippen molar-refractivity contribution in [2.45, 2.75) is 0 Å². The lowest BCUT2D eigenvalue weighted by Gasteiger charge is -2.02. The van der Waals surface area contributed by atoms with Gasteiger partial charge >= 0.3 is 0 Å². The number of nitrogen functional groups attached to an aromatic ring is 1. The molecule has 0 atom stereocenters. The molecule has 2 aromatic carbocycles. The molecule has 0 amide bonds. The number of hydrogen-bond donors (Lipinski definition) is 1. The van der Waals surface area contributed by atoms with Crippen LogP contribution in [0.5, 0.6) is 0 Å². The fraction of sp³-hybridized carbons (Fsp3) is 0. The maximum absolute atomic E-state index is 13.4. The number of fused-ring (bicyclic) bond motifs is 1. The fourth-order valence-electron chi connectivity index (χ4n) is 1.27. The summed E-state index contributed by atoms with van der Waals surface area (Å²) in [5.41, 5.74) is 5.63. The Morgan fingerprint density at radius 1 is 1.15 bits per heavy atom. The first-order chi connectivity index (χ1) is 6.18. The SMILES string of the molecule is Nc1ccc2ccc(Br)cc2c1F. The van der Waals surface area contributed by atoms with Crippen molar-refractivity contribution in [2.75, 3.05) is 5.73 Å². The fourth-order valence-corrected chi connectivity index (χ4v) is 1.63. The molecule has 13 heavy (non-hydrogen) atoms. The van der Waals surface area contributed by atoms with Crippen molar-refractivity contribution in [1.29, 1.82) is 0 Å². The van der Waals surface area contributed by atoms with E-state index in [1.54, 1.807) is 18.2 Å². The Morgan fingerprint density at radius 2 is 1.85 bits per heavy atom. The molecule has 66 valence electrons. The number of nitrogens with two attached hydrogens (primary N) is 1. The molecule has 0 fully saturated rings. The van der Waals surface area contributed by atoms with E-state index in [1.165, 1.54) is 0 Å². The van der Waals surface area contributed by atoms with E-state index in [9.17, 15) is 4.39 Å². The van der Waals surface area contributed by atoms with Crippen molar-refractivity contribution in [2.24, 2.45) is 0 Å². The molecule has 3 heteroatoms. The van der Waals surface area contributed by atoms with Gasteiger partial charge in [0.25, 0.3) is 0 Å². The predicted molar refractivity (Wildman–Crippen MR) is 56.0 cm³/mol. The van der Waals surface area contributed by atoms with Crippen LogP contribution in [-0.2, 0) is 0 Å². The van der Waals surface area contributed by atoms with E-state index >= 15 is 0 Å². The molecule has 1 nitrogen and oxygen atoms in total. The molecular weight excluding hydrogens is 233 g/mol. The summed E-state index contributed by atoms with van der Waals surface area (Å²) in [6.45, 7) is 0. The van der Waals surface area contributed by atoms with Gasteiger partial charge in [-0.1, -0.05) is 28.1 Å². The number of anilines is 1. The van der Waals surface area contributed by atoms with E-state index in [1.807, 2.05) is 12.1 Å². The molecule has 0 spiro atoms. The van der Waals surface area contributed by atoms with Gasteiger partial charge in [0.1, 0.15) is 0 Å². The van der Waals surface area contributed by atoms with Crippen LogP contribution in [0.2, 0.25) is 0 Å². The minimum Gasteiger partial charge on any atom is -0.396 e. The standard InChI is InChI=1S/C10H7BrFN/c11-7-3-1-6-2-4-9(13)10(12)8(6)5-7/h1-5H,13H2. The topological polar surface area (TPSA) is 26.0 Å². The number of rotatable bonds is 0. The minimum absolute atomic E-state index is 0.186. The van der Waals surface area contributed by atoms with Gasteiger partial charge in [0.15, 0.2) is 5.82 Å². The summed E-state index contributed by atoms with van der Waals surface area (Å²) in [4.78, 5) is 0. The molecular formula is C10H7BrFN. The van der Waals surface area contributed by atoms with Crippen molar-refractivity contribution < 1.29 is 4.39 Å².